The van der Waals surface area contributed by atoms with E-state index >= 15 is 0 Å². The molecule has 1 N–H and O–H groups in total. The maximum Gasteiger partial charge on any atom is 0.271 e. The van der Waals surface area contributed by atoms with E-state index < -0.39 is 0 Å². The number of para-hydroxylation sites is 1. The highest BCUT2D eigenvalue weighted by atomic mass is 16.1. The molecular weight excluding hydrogens is 240 g/mol. The van der Waals surface area contributed by atoms with Gasteiger partial charge in [-0.25, -0.2) is 4.98 Å². The summed E-state index contributed by atoms with van der Waals surface area (Å²) in [7, 11) is 1.99. The molecule has 0 atom stereocenters. The van der Waals surface area contributed by atoms with Crippen LogP contribution < -0.4 is 10.2 Å². The molecule has 0 aliphatic rings. The number of amides is 1. The lowest BCUT2D eigenvalue weighted by molar-refractivity contribution is 0.0949. The summed E-state index contributed by atoms with van der Waals surface area (Å²) < 4.78 is 0. The van der Waals surface area contributed by atoms with E-state index in [9.17, 15) is 4.79 Å². The lowest BCUT2D eigenvalue weighted by Gasteiger charge is -2.19. The van der Waals surface area contributed by atoms with Crippen LogP contribution in [-0.2, 0) is 0 Å². The van der Waals surface area contributed by atoms with Gasteiger partial charge in [0.25, 0.3) is 5.91 Å². The van der Waals surface area contributed by atoms with Gasteiger partial charge in [0, 0.05) is 38.2 Å². The van der Waals surface area contributed by atoms with Gasteiger partial charge in [-0.3, -0.25) is 9.78 Å². The lowest BCUT2D eigenvalue weighted by atomic mass is 10.3. The number of carbonyl (C=O) groups excluding carboxylic acids is 1. The number of anilines is 1. The molecule has 19 heavy (non-hydrogen) atoms. The van der Waals surface area contributed by atoms with Crippen molar-refractivity contribution >= 4 is 11.6 Å². The van der Waals surface area contributed by atoms with Gasteiger partial charge in [0.05, 0.1) is 6.20 Å². The van der Waals surface area contributed by atoms with Gasteiger partial charge in [-0.05, 0) is 12.1 Å². The third kappa shape index (κ3) is 3.77. The Morgan fingerprint density at radius 3 is 2.74 bits per heavy atom. The van der Waals surface area contributed by atoms with Crippen molar-refractivity contribution in [1.29, 1.82) is 0 Å². The fraction of sp³-hybridized carbons (Fsp3) is 0.214. The third-order valence-electron chi connectivity index (χ3n) is 2.73. The Bertz CT molecular complexity index is 515. The second-order valence-corrected chi connectivity index (χ2v) is 4.10. The van der Waals surface area contributed by atoms with E-state index in [2.05, 4.69) is 20.2 Å². The summed E-state index contributed by atoms with van der Waals surface area (Å²) >= 11 is 0. The molecule has 2 rings (SSSR count). The number of rotatable bonds is 5. The first-order valence-corrected chi connectivity index (χ1v) is 6.08. The van der Waals surface area contributed by atoms with E-state index in [4.69, 9.17) is 0 Å². The molecule has 0 aliphatic carbocycles. The number of carbonyl (C=O) groups is 1. The average Bonchev–Trinajstić information content (AvgIpc) is 2.49. The molecular formula is C14H16N4O. The van der Waals surface area contributed by atoms with Crippen LogP contribution in [0.3, 0.4) is 0 Å². The van der Waals surface area contributed by atoms with E-state index in [0.717, 1.165) is 12.2 Å². The van der Waals surface area contributed by atoms with E-state index in [1.54, 1.807) is 6.20 Å². The second-order valence-electron chi connectivity index (χ2n) is 4.10. The van der Waals surface area contributed by atoms with Gasteiger partial charge in [-0.2, -0.15) is 0 Å². The van der Waals surface area contributed by atoms with Crippen LogP contribution in [-0.4, -0.2) is 36.0 Å². The van der Waals surface area contributed by atoms with Crippen LogP contribution in [0.15, 0.2) is 48.9 Å². The van der Waals surface area contributed by atoms with Gasteiger partial charge in [-0.15, -0.1) is 0 Å². The largest absolute Gasteiger partial charge is 0.373 e. The van der Waals surface area contributed by atoms with Gasteiger partial charge < -0.3 is 10.2 Å². The summed E-state index contributed by atoms with van der Waals surface area (Å²) in [5.74, 6) is -0.199. The molecule has 0 spiro atoms. The number of hydrogen-bond acceptors (Lipinski definition) is 4. The predicted octanol–water partition coefficient (Wildman–Crippen LogP) is 1.34. The van der Waals surface area contributed by atoms with E-state index in [1.807, 2.05) is 37.4 Å². The summed E-state index contributed by atoms with van der Waals surface area (Å²) in [5, 5.41) is 2.82. The van der Waals surface area contributed by atoms with Crippen molar-refractivity contribution in [1.82, 2.24) is 15.3 Å². The summed E-state index contributed by atoms with van der Waals surface area (Å²) in [6.45, 7) is 1.29. The summed E-state index contributed by atoms with van der Waals surface area (Å²) in [5.41, 5.74) is 1.46. The highest BCUT2D eigenvalue weighted by Gasteiger charge is 2.06. The number of nitrogens with zero attached hydrogens (tertiary/aromatic N) is 3. The van der Waals surface area contributed by atoms with Gasteiger partial charge in [0.15, 0.2) is 0 Å². The Labute approximate surface area is 112 Å². The minimum atomic E-state index is -0.199. The average molecular weight is 256 g/mol. The Kier molecular flexibility index (Phi) is 4.44. The zero-order valence-electron chi connectivity index (χ0n) is 10.8. The van der Waals surface area contributed by atoms with E-state index in [0.29, 0.717) is 12.2 Å². The van der Waals surface area contributed by atoms with Gasteiger partial charge >= 0.3 is 0 Å². The van der Waals surface area contributed by atoms with E-state index in [1.165, 1.54) is 12.4 Å². The van der Waals surface area contributed by atoms with Crippen LogP contribution in [0.25, 0.3) is 0 Å². The highest BCUT2D eigenvalue weighted by molar-refractivity contribution is 5.91. The van der Waals surface area contributed by atoms with Crippen molar-refractivity contribution in [3.8, 4) is 0 Å². The Morgan fingerprint density at radius 2 is 2.05 bits per heavy atom. The summed E-state index contributed by atoms with van der Waals surface area (Å²) in [6, 6.07) is 10.0. The van der Waals surface area contributed by atoms with Crippen molar-refractivity contribution in [2.45, 2.75) is 0 Å². The predicted molar refractivity (Wildman–Crippen MR) is 74.1 cm³/mol. The SMILES string of the molecule is CN(CCNC(=O)c1cnccn1)c1ccccc1. The molecule has 98 valence electrons. The minimum Gasteiger partial charge on any atom is -0.373 e. The first-order chi connectivity index (χ1) is 9.27. The van der Waals surface area contributed by atoms with Crippen molar-refractivity contribution in [3.63, 3.8) is 0 Å². The quantitative estimate of drug-likeness (QED) is 0.877. The van der Waals surface area contributed by atoms with Gasteiger partial charge in [0.1, 0.15) is 5.69 Å². The highest BCUT2D eigenvalue weighted by Crippen LogP contribution is 2.09. The van der Waals surface area contributed by atoms with Crippen LogP contribution in [0, 0.1) is 0 Å². The number of benzene rings is 1. The Balaban J connectivity index is 1.79. The van der Waals surface area contributed by atoms with Crippen molar-refractivity contribution < 1.29 is 4.79 Å². The molecule has 0 saturated carbocycles. The summed E-state index contributed by atoms with van der Waals surface area (Å²) in [4.78, 5) is 21.6. The third-order valence-corrected chi connectivity index (χ3v) is 2.73. The number of likely N-dealkylation sites (N-methyl/N-ethyl adjacent to an activating group) is 1. The second kappa shape index (κ2) is 6.49. The van der Waals surface area contributed by atoms with Crippen LogP contribution in [0.1, 0.15) is 10.5 Å². The molecule has 0 fully saturated rings. The molecule has 1 amide bonds. The molecule has 0 bridgehead atoms. The van der Waals surface area contributed by atoms with Crippen molar-refractivity contribution in [3.05, 3.63) is 54.6 Å². The normalized spacial score (nSPS) is 9.95. The van der Waals surface area contributed by atoms with Crippen LogP contribution in [0.2, 0.25) is 0 Å². The molecule has 1 heterocycles. The van der Waals surface area contributed by atoms with Crippen LogP contribution >= 0.6 is 0 Å². The first-order valence-electron chi connectivity index (χ1n) is 6.08. The van der Waals surface area contributed by atoms with Crippen LogP contribution in [0.5, 0.6) is 0 Å². The molecule has 0 aliphatic heterocycles. The molecule has 0 radical (unpaired) electrons. The fourth-order valence-electron chi connectivity index (χ4n) is 1.66. The molecule has 5 heteroatoms. The maximum absolute atomic E-state index is 11.7. The molecule has 0 unspecified atom stereocenters. The standard InChI is InChI=1S/C14H16N4O/c1-18(12-5-3-2-4-6-12)10-9-17-14(19)13-11-15-7-8-16-13/h2-8,11H,9-10H2,1H3,(H,17,19). The number of nitrogens with one attached hydrogen (secondary N) is 1. The van der Waals surface area contributed by atoms with Crippen molar-refractivity contribution in [2.75, 3.05) is 25.0 Å². The molecule has 1 aromatic carbocycles. The minimum absolute atomic E-state index is 0.199. The topological polar surface area (TPSA) is 58.1 Å². The van der Waals surface area contributed by atoms with Gasteiger partial charge in [-0.1, -0.05) is 18.2 Å². The van der Waals surface area contributed by atoms with E-state index in [-0.39, 0.29) is 5.91 Å². The fourth-order valence-corrected chi connectivity index (χ4v) is 1.66. The smallest absolute Gasteiger partial charge is 0.271 e. The molecule has 0 saturated heterocycles. The molecule has 5 nitrogen and oxygen atoms in total. The molecule has 1 aromatic heterocycles. The number of hydrogen-bond donors (Lipinski definition) is 1. The maximum atomic E-state index is 11.7. The Hall–Kier alpha value is -2.43. The monoisotopic (exact) mass is 256 g/mol. The van der Waals surface area contributed by atoms with Crippen molar-refractivity contribution in [2.24, 2.45) is 0 Å². The summed E-state index contributed by atoms with van der Waals surface area (Å²) in [6.07, 6.45) is 4.50. The number of aromatic nitrogens is 2. The van der Waals surface area contributed by atoms with Gasteiger partial charge in [0.2, 0.25) is 0 Å². The van der Waals surface area contributed by atoms with Crippen LogP contribution in [0.4, 0.5) is 5.69 Å². The lowest BCUT2D eigenvalue weighted by Crippen LogP contribution is -2.33. The molecule has 2 aromatic rings. The zero-order chi connectivity index (χ0) is 13.5. The first kappa shape index (κ1) is 13.0. The Morgan fingerprint density at radius 1 is 1.26 bits per heavy atom. The zero-order valence-corrected chi connectivity index (χ0v) is 10.8.